The zero-order valence-electron chi connectivity index (χ0n) is 15.9. The smallest absolute Gasteiger partial charge is 0.339 e. The normalized spacial score (nSPS) is 13.0. The Labute approximate surface area is 173 Å². The number of methoxy groups -OCH3 is 1. The van der Waals surface area contributed by atoms with Gasteiger partial charge in [-0.15, -0.1) is 0 Å². The van der Waals surface area contributed by atoms with Gasteiger partial charge in [-0.3, -0.25) is 9.59 Å². The van der Waals surface area contributed by atoms with Crippen molar-refractivity contribution in [3.63, 3.8) is 0 Å². The second kappa shape index (κ2) is 9.34. The molecule has 1 N–H and O–H groups in total. The third-order valence-corrected chi connectivity index (χ3v) is 4.75. The molecule has 0 aromatic heterocycles. The molecule has 0 fully saturated rings. The van der Waals surface area contributed by atoms with E-state index < -0.39 is 5.97 Å². The number of hydrazone groups is 1. The van der Waals surface area contributed by atoms with Gasteiger partial charge in [0.05, 0.1) is 30.0 Å². The summed E-state index contributed by atoms with van der Waals surface area (Å²) >= 11 is 5.96. The van der Waals surface area contributed by atoms with Crippen molar-refractivity contribution in [1.29, 1.82) is 0 Å². The van der Waals surface area contributed by atoms with Gasteiger partial charge in [0, 0.05) is 24.9 Å². The van der Waals surface area contributed by atoms with Gasteiger partial charge >= 0.3 is 5.97 Å². The van der Waals surface area contributed by atoms with Crippen LogP contribution in [0.3, 0.4) is 0 Å². The first kappa shape index (κ1) is 20.5. The fraction of sp³-hybridized carbons (Fsp3) is 0.238. The lowest BCUT2D eigenvalue weighted by Crippen LogP contribution is -2.25. The highest BCUT2D eigenvalue weighted by Crippen LogP contribution is 2.22. The van der Waals surface area contributed by atoms with Gasteiger partial charge in [0.15, 0.2) is 0 Å². The number of carbonyl (C=O) groups is 3. The van der Waals surface area contributed by atoms with Crippen LogP contribution in [-0.4, -0.2) is 42.2 Å². The van der Waals surface area contributed by atoms with Gasteiger partial charge in [-0.1, -0.05) is 41.9 Å². The molecule has 1 heterocycles. The van der Waals surface area contributed by atoms with Gasteiger partial charge in [-0.25, -0.2) is 9.80 Å². The Morgan fingerprint density at radius 3 is 2.62 bits per heavy atom. The summed E-state index contributed by atoms with van der Waals surface area (Å²) in [6, 6.07) is 14.2. The molecule has 8 heteroatoms. The molecule has 0 spiro atoms. The Kier molecular flexibility index (Phi) is 6.61. The number of benzene rings is 2. The highest BCUT2D eigenvalue weighted by atomic mass is 35.5. The second-order valence-electron chi connectivity index (χ2n) is 6.41. The van der Waals surface area contributed by atoms with Crippen LogP contribution in [0, 0.1) is 0 Å². The minimum Gasteiger partial charge on any atom is -0.465 e. The molecule has 0 saturated heterocycles. The molecule has 2 amide bonds. The number of amides is 2. The summed E-state index contributed by atoms with van der Waals surface area (Å²) in [5.74, 6) is -1.15. The Hall–Kier alpha value is -3.19. The first-order chi connectivity index (χ1) is 14.0. The Morgan fingerprint density at radius 2 is 1.90 bits per heavy atom. The molecule has 0 aliphatic carbocycles. The fourth-order valence-corrected chi connectivity index (χ4v) is 3.11. The number of hydrogen-bond acceptors (Lipinski definition) is 5. The van der Waals surface area contributed by atoms with Crippen LogP contribution in [0.2, 0.25) is 5.02 Å². The highest BCUT2D eigenvalue weighted by molar-refractivity contribution is 6.33. The van der Waals surface area contributed by atoms with Crippen molar-refractivity contribution in [3.8, 4) is 0 Å². The van der Waals surface area contributed by atoms with Crippen LogP contribution in [-0.2, 0) is 14.3 Å². The number of nitrogens with zero attached hydrogens (tertiary/aromatic N) is 2. The summed E-state index contributed by atoms with van der Waals surface area (Å²) in [5.41, 5.74) is 2.41. The molecule has 0 atom stereocenters. The molecule has 0 unspecified atom stereocenters. The first-order valence-electron chi connectivity index (χ1n) is 9.09. The predicted octanol–water partition coefficient (Wildman–Crippen LogP) is 3.48. The Bertz CT molecular complexity index is 960. The molecule has 0 bridgehead atoms. The van der Waals surface area contributed by atoms with Crippen molar-refractivity contribution in [2.75, 3.05) is 19.0 Å². The van der Waals surface area contributed by atoms with Gasteiger partial charge in [-0.2, -0.15) is 5.10 Å². The van der Waals surface area contributed by atoms with Crippen LogP contribution in [0.5, 0.6) is 0 Å². The molecular formula is C21H20ClN3O4. The summed E-state index contributed by atoms with van der Waals surface area (Å²) in [6.07, 6.45) is 0.722. The molecule has 150 valence electrons. The van der Waals surface area contributed by atoms with E-state index in [1.54, 1.807) is 6.07 Å². The average molecular weight is 414 g/mol. The minimum atomic E-state index is -0.595. The van der Waals surface area contributed by atoms with Crippen LogP contribution >= 0.6 is 11.6 Å². The maximum absolute atomic E-state index is 12.4. The summed E-state index contributed by atoms with van der Waals surface area (Å²) in [5, 5.41) is 8.67. The van der Waals surface area contributed by atoms with Crippen LogP contribution in [0.25, 0.3) is 0 Å². The molecule has 2 aromatic rings. The lowest BCUT2D eigenvalue weighted by molar-refractivity contribution is -0.132. The number of nitrogens with one attached hydrogen (secondary N) is 1. The molecule has 2 aromatic carbocycles. The summed E-state index contributed by atoms with van der Waals surface area (Å²) in [4.78, 5) is 36.2. The molecule has 3 rings (SSSR count). The van der Waals surface area contributed by atoms with Crippen LogP contribution in [0.15, 0.2) is 53.6 Å². The van der Waals surface area contributed by atoms with E-state index in [0.717, 1.165) is 11.3 Å². The van der Waals surface area contributed by atoms with E-state index in [-0.39, 0.29) is 35.2 Å². The van der Waals surface area contributed by atoms with E-state index in [9.17, 15) is 14.4 Å². The van der Waals surface area contributed by atoms with Crippen molar-refractivity contribution >= 4 is 40.8 Å². The summed E-state index contributed by atoms with van der Waals surface area (Å²) in [7, 11) is 1.25. The largest absolute Gasteiger partial charge is 0.465 e. The lowest BCUT2D eigenvalue weighted by atomic mass is 10.1. The molecule has 0 saturated carbocycles. The Morgan fingerprint density at radius 1 is 1.14 bits per heavy atom. The number of ether oxygens (including phenoxy) is 1. The lowest BCUT2D eigenvalue weighted by Gasteiger charge is -2.11. The molecular weight excluding hydrogens is 394 g/mol. The van der Waals surface area contributed by atoms with Crippen molar-refractivity contribution < 1.29 is 19.1 Å². The fourth-order valence-electron chi connectivity index (χ4n) is 2.91. The first-order valence-corrected chi connectivity index (χ1v) is 9.46. The minimum absolute atomic E-state index is 0.00169. The van der Waals surface area contributed by atoms with E-state index in [4.69, 9.17) is 11.6 Å². The topological polar surface area (TPSA) is 88.1 Å². The van der Waals surface area contributed by atoms with Crippen molar-refractivity contribution in [2.45, 2.75) is 19.3 Å². The number of esters is 1. The van der Waals surface area contributed by atoms with E-state index >= 15 is 0 Å². The number of halogens is 1. The van der Waals surface area contributed by atoms with Gasteiger partial charge in [0.25, 0.3) is 0 Å². The van der Waals surface area contributed by atoms with Gasteiger partial charge in [0.1, 0.15) is 0 Å². The molecule has 1 aliphatic rings. The highest BCUT2D eigenvalue weighted by Gasteiger charge is 2.22. The third kappa shape index (κ3) is 5.20. The number of hydrogen-bond donors (Lipinski definition) is 1. The molecule has 7 nitrogen and oxygen atoms in total. The van der Waals surface area contributed by atoms with E-state index in [1.165, 1.54) is 24.3 Å². The van der Waals surface area contributed by atoms with E-state index in [2.05, 4.69) is 15.2 Å². The Balaban J connectivity index is 1.54. The van der Waals surface area contributed by atoms with Gasteiger partial charge < -0.3 is 10.1 Å². The maximum atomic E-state index is 12.4. The standard InChI is InChI=1S/C21H20ClN3O4/c1-29-21(28)16-13-15(7-8-17(16)22)23-19(26)9-10-20(27)25-12-11-18(24-25)14-5-3-2-4-6-14/h2-8,13H,9-12H2,1H3,(H,23,26). The average Bonchev–Trinajstić information content (AvgIpc) is 3.24. The molecule has 1 aliphatic heterocycles. The number of rotatable bonds is 6. The quantitative estimate of drug-likeness (QED) is 0.734. The van der Waals surface area contributed by atoms with Crippen LogP contribution in [0.4, 0.5) is 5.69 Å². The van der Waals surface area contributed by atoms with Gasteiger partial charge in [0.2, 0.25) is 11.8 Å². The third-order valence-electron chi connectivity index (χ3n) is 4.42. The van der Waals surface area contributed by atoms with E-state index in [1.807, 2.05) is 30.3 Å². The van der Waals surface area contributed by atoms with Crippen molar-refractivity contribution in [2.24, 2.45) is 5.10 Å². The van der Waals surface area contributed by atoms with Crippen LogP contribution < -0.4 is 5.32 Å². The summed E-state index contributed by atoms with van der Waals surface area (Å²) in [6.45, 7) is 0.504. The van der Waals surface area contributed by atoms with Crippen molar-refractivity contribution in [1.82, 2.24) is 5.01 Å². The zero-order valence-corrected chi connectivity index (χ0v) is 16.6. The monoisotopic (exact) mass is 413 g/mol. The van der Waals surface area contributed by atoms with Crippen LogP contribution in [0.1, 0.15) is 35.2 Å². The molecule has 29 heavy (non-hydrogen) atoms. The predicted molar refractivity (Wildman–Crippen MR) is 110 cm³/mol. The van der Waals surface area contributed by atoms with Gasteiger partial charge in [-0.05, 0) is 23.8 Å². The number of carbonyl (C=O) groups excluding carboxylic acids is 3. The van der Waals surface area contributed by atoms with E-state index in [0.29, 0.717) is 18.7 Å². The second-order valence-corrected chi connectivity index (χ2v) is 6.82. The number of anilines is 1. The maximum Gasteiger partial charge on any atom is 0.339 e. The SMILES string of the molecule is COC(=O)c1cc(NC(=O)CCC(=O)N2CCC(c3ccccc3)=N2)ccc1Cl. The summed E-state index contributed by atoms with van der Waals surface area (Å²) < 4.78 is 4.65. The molecule has 0 radical (unpaired) electrons. The van der Waals surface area contributed by atoms with Crippen molar-refractivity contribution in [3.05, 3.63) is 64.7 Å². The zero-order chi connectivity index (χ0) is 20.8.